The number of hydrogen-bond acceptors (Lipinski definition) is 10. The monoisotopic (exact) mass is 553 g/mol. The van der Waals surface area contributed by atoms with Gasteiger partial charge in [0.05, 0.1) is 19.3 Å². The Hall–Kier alpha value is -2.31. The lowest BCUT2D eigenvalue weighted by atomic mass is 9.86. The van der Waals surface area contributed by atoms with Gasteiger partial charge in [-0.05, 0) is 44.7 Å². The molecule has 202 valence electrons. The van der Waals surface area contributed by atoms with Crippen LogP contribution in [0.4, 0.5) is 0 Å². The third-order valence-electron chi connectivity index (χ3n) is 6.09. The van der Waals surface area contributed by atoms with E-state index in [1.54, 1.807) is 49.9 Å². The summed E-state index contributed by atoms with van der Waals surface area (Å²) in [4.78, 5) is 25.7. The lowest BCUT2D eigenvalue weighted by Crippen LogP contribution is -2.62. The van der Waals surface area contributed by atoms with E-state index in [9.17, 15) is 14.7 Å². The lowest BCUT2D eigenvalue weighted by Gasteiger charge is -2.47. The van der Waals surface area contributed by atoms with E-state index in [4.69, 9.17) is 35.1 Å². The number of ether oxygens (including phenoxy) is 3. The Labute approximate surface area is 220 Å². The van der Waals surface area contributed by atoms with Crippen LogP contribution in [0, 0.1) is 0 Å². The number of aliphatic hydroxyl groups is 1. The van der Waals surface area contributed by atoms with Crippen molar-refractivity contribution in [3.05, 3.63) is 55.0 Å². The maximum Gasteiger partial charge on any atom is 0.323 e. The number of benzene rings is 1. The highest BCUT2D eigenvalue weighted by Gasteiger charge is 2.63. The van der Waals surface area contributed by atoms with Crippen LogP contribution in [-0.4, -0.2) is 71.3 Å². The standard InChI is InChI=1S/C24H32N3O8PS/c1-15(2)33-22(30)16(3)26-36(37,35-18-8-6-5-7-9-18)32-14-19-21(29)24(11-13-31-24)23(34-19)27-12-10-20(28)25-17(27)4/h5-10,12,15-16,19,21,23,29H,4,11,13-14H2,1-3H3,(H,25,28)(H,26,37)/t16?,19-,21-,23-,24-,36?/m1/s1. The third kappa shape index (κ3) is 6.06. The van der Waals surface area contributed by atoms with E-state index in [-0.39, 0.29) is 18.6 Å². The molecule has 0 radical (unpaired) electrons. The van der Waals surface area contributed by atoms with Crippen LogP contribution in [0.3, 0.4) is 0 Å². The minimum Gasteiger partial charge on any atom is -0.462 e. The number of carbonyl (C=O) groups excluding carboxylic acids is 2. The highest BCUT2D eigenvalue weighted by atomic mass is 32.5. The molecular weight excluding hydrogens is 521 g/mol. The second-order valence-electron chi connectivity index (χ2n) is 9.22. The van der Waals surface area contributed by atoms with E-state index >= 15 is 0 Å². The fourth-order valence-electron chi connectivity index (χ4n) is 4.23. The third-order valence-corrected chi connectivity index (χ3v) is 8.59. The maximum atomic E-state index is 12.4. The summed E-state index contributed by atoms with van der Waals surface area (Å²) in [7, 11) is 0. The van der Waals surface area contributed by atoms with Crippen molar-refractivity contribution in [3.63, 3.8) is 0 Å². The van der Waals surface area contributed by atoms with Crippen LogP contribution in [0.2, 0.25) is 0 Å². The molecule has 2 saturated heterocycles. The molecule has 3 N–H and O–H groups in total. The fourth-order valence-corrected chi connectivity index (χ4v) is 6.64. The first kappa shape index (κ1) is 27.7. The molecule has 3 aliphatic heterocycles. The Morgan fingerprint density at radius 3 is 2.68 bits per heavy atom. The molecule has 4 rings (SSSR count). The molecule has 37 heavy (non-hydrogen) atoms. The van der Waals surface area contributed by atoms with E-state index in [0.29, 0.717) is 24.6 Å². The molecule has 0 bridgehead atoms. The van der Waals surface area contributed by atoms with Crippen LogP contribution in [0.1, 0.15) is 27.2 Å². The average molecular weight is 554 g/mol. The molecule has 1 spiro atoms. The Morgan fingerprint density at radius 1 is 1.38 bits per heavy atom. The predicted molar refractivity (Wildman–Crippen MR) is 137 cm³/mol. The molecule has 2 unspecified atom stereocenters. The topological polar surface area (TPSA) is 128 Å². The van der Waals surface area contributed by atoms with E-state index in [1.807, 2.05) is 6.07 Å². The molecule has 0 aliphatic carbocycles. The number of carbonyl (C=O) groups is 2. The second kappa shape index (κ2) is 11.2. The van der Waals surface area contributed by atoms with Gasteiger partial charge in [-0.15, -0.1) is 0 Å². The molecular formula is C24H32N3O8PS. The van der Waals surface area contributed by atoms with Crippen LogP contribution in [0.15, 0.2) is 55.0 Å². The molecule has 13 heteroatoms. The highest BCUT2D eigenvalue weighted by molar-refractivity contribution is 8.09. The summed E-state index contributed by atoms with van der Waals surface area (Å²) in [6, 6.07) is 8.04. The van der Waals surface area contributed by atoms with Crippen molar-refractivity contribution >= 4 is 30.3 Å². The average Bonchev–Trinajstić information content (AvgIpc) is 3.10. The number of nitrogens with one attached hydrogen (secondary N) is 2. The molecule has 2 fully saturated rings. The van der Waals surface area contributed by atoms with Gasteiger partial charge in [-0.25, -0.2) is 5.09 Å². The molecule has 1 aromatic rings. The number of aliphatic hydroxyl groups excluding tert-OH is 1. The van der Waals surface area contributed by atoms with Crippen molar-refractivity contribution in [2.24, 2.45) is 0 Å². The van der Waals surface area contributed by atoms with Crippen molar-refractivity contribution < 1.29 is 38.0 Å². The smallest absolute Gasteiger partial charge is 0.323 e. The number of para-hydroxylation sites is 1. The molecule has 0 aromatic heterocycles. The molecule has 1 aromatic carbocycles. The summed E-state index contributed by atoms with van der Waals surface area (Å²) in [5, 5.41) is 16.8. The van der Waals surface area contributed by atoms with Crippen molar-refractivity contribution in [2.75, 3.05) is 13.2 Å². The van der Waals surface area contributed by atoms with Gasteiger partial charge in [0.25, 0.3) is 5.91 Å². The minimum absolute atomic E-state index is 0.151. The first-order valence-electron chi connectivity index (χ1n) is 11.9. The van der Waals surface area contributed by atoms with Gasteiger partial charge in [0, 0.05) is 18.7 Å². The molecule has 3 heterocycles. The van der Waals surface area contributed by atoms with Crippen molar-refractivity contribution in [3.8, 4) is 5.75 Å². The molecule has 0 saturated carbocycles. The van der Waals surface area contributed by atoms with Crippen molar-refractivity contribution in [2.45, 2.75) is 63.4 Å². The van der Waals surface area contributed by atoms with Crippen LogP contribution in [-0.2, 0) is 40.1 Å². The summed E-state index contributed by atoms with van der Waals surface area (Å²) in [5.41, 5.74) is -1.03. The molecule has 6 atom stereocenters. The predicted octanol–water partition coefficient (Wildman–Crippen LogP) is 1.90. The normalized spacial score (nSPS) is 29.5. The van der Waals surface area contributed by atoms with E-state index in [0.717, 1.165) is 0 Å². The lowest BCUT2D eigenvalue weighted by molar-refractivity contribution is -0.230. The first-order chi connectivity index (χ1) is 17.5. The van der Waals surface area contributed by atoms with Crippen LogP contribution < -0.4 is 14.9 Å². The summed E-state index contributed by atoms with van der Waals surface area (Å²) < 4.78 is 29.4. The van der Waals surface area contributed by atoms with E-state index < -0.39 is 42.7 Å². The number of nitrogens with zero attached hydrogens (tertiary/aromatic N) is 1. The SMILES string of the molecule is C=C1NC(=O)C=CN1[C@@H]1O[C@H](COP(=S)(NC(C)C(=O)OC(C)C)Oc2ccccc2)[C@@H](O)[C@]12CCO2. The van der Waals surface area contributed by atoms with Gasteiger partial charge in [-0.3, -0.25) is 9.59 Å². The van der Waals surface area contributed by atoms with Gasteiger partial charge in [0.2, 0.25) is 0 Å². The van der Waals surface area contributed by atoms with Crippen molar-refractivity contribution in [1.82, 2.24) is 15.3 Å². The Kier molecular flexibility index (Phi) is 8.39. The van der Waals surface area contributed by atoms with E-state index in [2.05, 4.69) is 17.0 Å². The summed E-state index contributed by atoms with van der Waals surface area (Å²) in [6.45, 7) is 5.96. The highest BCUT2D eigenvalue weighted by Crippen LogP contribution is 2.49. The zero-order chi connectivity index (χ0) is 26.8. The van der Waals surface area contributed by atoms with Gasteiger partial charge in [0.1, 0.15) is 35.4 Å². The zero-order valence-electron chi connectivity index (χ0n) is 20.9. The largest absolute Gasteiger partial charge is 0.462 e. The van der Waals surface area contributed by atoms with E-state index in [1.165, 1.54) is 12.3 Å². The van der Waals surface area contributed by atoms with Gasteiger partial charge in [0.15, 0.2) is 6.23 Å². The van der Waals surface area contributed by atoms with Crippen molar-refractivity contribution in [1.29, 1.82) is 0 Å². The summed E-state index contributed by atoms with van der Waals surface area (Å²) >= 11 is 5.75. The molecule has 11 nitrogen and oxygen atoms in total. The second-order valence-corrected chi connectivity index (χ2v) is 12.4. The quantitative estimate of drug-likeness (QED) is 0.290. The minimum atomic E-state index is -3.33. The Bertz CT molecular complexity index is 1100. The van der Waals surface area contributed by atoms with Gasteiger partial charge >= 0.3 is 12.6 Å². The van der Waals surface area contributed by atoms with Crippen LogP contribution in [0.25, 0.3) is 0 Å². The number of amides is 1. The Balaban J connectivity index is 1.50. The van der Waals surface area contributed by atoms with Crippen LogP contribution >= 0.6 is 6.64 Å². The summed E-state index contributed by atoms with van der Waals surface area (Å²) in [5.74, 6) is -0.0465. The Morgan fingerprint density at radius 2 is 2.08 bits per heavy atom. The summed E-state index contributed by atoms with van der Waals surface area (Å²) in [6.07, 6.45) is 0.458. The first-order valence-corrected chi connectivity index (χ1v) is 14.6. The fraction of sp³-hybridized carbons (Fsp3) is 0.500. The van der Waals surface area contributed by atoms with Gasteiger partial charge in [-0.2, -0.15) is 0 Å². The zero-order valence-corrected chi connectivity index (χ0v) is 22.6. The molecule has 3 aliphatic rings. The van der Waals surface area contributed by atoms with Crippen LogP contribution in [0.5, 0.6) is 5.75 Å². The number of esters is 1. The number of hydrogen-bond donors (Lipinski definition) is 3. The maximum absolute atomic E-state index is 12.4. The molecule has 1 amide bonds. The number of rotatable bonds is 10. The van der Waals surface area contributed by atoms with Gasteiger partial charge in [-0.1, -0.05) is 24.8 Å². The van der Waals surface area contributed by atoms with Gasteiger partial charge < -0.3 is 38.6 Å².